The third-order valence-corrected chi connectivity index (χ3v) is 6.29. The molecule has 188 valence electrons. The maximum absolute atomic E-state index is 13.3. The fourth-order valence-electron chi connectivity index (χ4n) is 3.67. The Balaban J connectivity index is 1.43. The topological polar surface area (TPSA) is 77.5 Å². The van der Waals surface area contributed by atoms with Gasteiger partial charge >= 0.3 is 0 Å². The molecule has 1 aromatic heterocycles. The standard InChI is InChI=1S/C30H28N2O4S/c1-37-30-26(13-8-18-31-30)29(34)32-27(21-35-20-23-9-4-2-5-10-23)28(33)19-22-14-16-25(17-15-22)36-24-11-6-3-7-12-24/h2-18,27H,19-21H2,1H3,(H,32,34). The van der Waals surface area contributed by atoms with Crippen molar-refractivity contribution < 1.29 is 19.1 Å². The van der Waals surface area contributed by atoms with Gasteiger partial charge in [0.2, 0.25) is 0 Å². The number of Topliss-reactive ketones (excluding diaryl/α,β-unsaturated/α-hetero) is 1. The van der Waals surface area contributed by atoms with E-state index in [1.165, 1.54) is 11.8 Å². The molecule has 6 nitrogen and oxygen atoms in total. The van der Waals surface area contributed by atoms with Gasteiger partial charge in [-0.25, -0.2) is 4.98 Å². The molecule has 0 bridgehead atoms. The summed E-state index contributed by atoms with van der Waals surface area (Å²) in [6, 6.07) is 29.2. The monoisotopic (exact) mass is 512 g/mol. The average Bonchev–Trinajstić information content (AvgIpc) is 2.94. The van der Waals surface area contributed by atoms with Crippen molar-refractivity contribution >= 4 is 23.5 Å². The van der Waals surface area contributed by atoms with Gasteiger partial charge in [-0.15, -0.1) is 11.8 Å². The number of hydrogen-bond acceptors (Lipinski definition) is 6. The smallest absolute Gasteiger partial charge is 0.254 e. The highest BCUT2D eigenvalue weighted by Gasteiger charge is 2.23. The maximum atomic E-state index is 13.3. The minimum Gasteiger partial charge on any atom is -0.457 e. The van der Waals surface area contributed by atoms with Crippen LogP contribution in [0.1, 0.15) is 21.5 Å². The van der Waals surface area contributed by atoms with Crippen LogP contribution in [0.25, 0.3) is 0 Å². The Kier molecular flexibility index (Phi) is 9.46. The Morgan fingerprint density at radius 1 is 0.838 bits per heavy atom. The number of benzene rings is 3. The lowest BCUT2D eigenvalue weighted by Gasteiger charge is -2.19. The molecule has 37 heavy (non-hydrogen) atoms. The van der Waals surface area contributed by atoms with Crippen LogP contribution in [0, 0.1) is 0 Å². The van der Waals surface area contributed by atoms with E-state index >= 15 is 0 Å². The summed E-state index contributed by atoms with van der Waals surface area (Å²) < 4.78 is 11.7. The van der Waals surface area contributed by atoms with Crippen LogP contribution in [0.15, 0.2) is 108 Å². The van der Waals surface area contributed by atoms with Gasteiger partial charge in [-0.05, 0) is 53.8 Å². The SMILES string of the molecule is CSc1ncccc1C(=O)NC(COCc1ccccc1)C(=O)Cc1ccc(Oc2ccccc2)cc1. The molecule has 1 atom stereocenters. The zero-order chi connectivity index (χ0) is 25.9. The Morgan fingerprint density at radius 2 is 1.51 bits per heavy atom. The Hall–Kier alpha value is -3.94. The lowest BCUT2D eigenvalue weighted by atomic mass is 10.0. The number of hydrogen-bond donors (Lipinski definition) is 1. The molecular weight excluding hydrogens is 484 g/mol. The first-order valence-corrected chi connectivity index (χ1v) is 13.1. The Bertz CT molecular complexity index is 1300. The van der Waals surface area contributed by atoms with Crippen LogP contribution >= 0.6 is 11.8 Å². The molecule has 0 aliphatic heterocycles. The summed E-state index contributed by atoms with van der Waals surface area (Å²) in [4.78, 5) is 30.6. The van der Waals surface area contributed by atoms with Gasteiger partial charge in [0.05, 0.1) is 18.8 Å². The van der Waals surface area contributed by atoms with E-state index in [2.05, 4.69) is 10.3 Å². The summed E-state index contributed by atoms with van der Waals surface area (Å²) in [5, 5.41) is 3.47. The second-order valence-electron chi connectivity index (χ2n) is 8.29. The molecule has 0 saturated carbocycles. The fraction of sp³-hybridized carbons (Fsp3) is 0.167. The number of aromatic nitrogens is 1. The van der Waals surface area contributed by atoms with E-state index in [1.807, 2.05) is 91.2 Å². The molecule has 4 aromatic rings. The largest absolute Gasteiger partial charge is 0.457 e. The minimum atomic E-state index is -0.814. The van der Waals surface area contributed by atoms with Crippen molar-refractivity contribution in [1.82, 2.24) is 10.3 Å². The predicted octanol–water partition coefficient (Wildman–Crippen LogP) is 5.72. The van der Waals surface area contributed by atoms with Gasteiger partial charge < -0.3 is 14.8 Å². The first kappa shape index (κ1) is 26.1. The van der Waals surface area contributed by atoms with Gasteiger partial charge in [0.1, 0.15) is 22.6 Å². The zero-order valence-electron chi connectivity index (χ0n) is 20.5. The molecule has 1 N–H and O–H groups in total. The number of nitrogens with one attached hydrogen (secondary N) is 1. The number of rotatable bonds is 12. The quantitative estimate of drug-likeness (QED) is 0.245. The van der Waals surface area contributed by atoms with Gasteiger partial charge in [-0.2, -0.15) is 0 Å². The molecular formula is C30H28N2O4S. The van der Waals surface area contributed by atoms with E-state index in [0.29, 0.717) is 22.9 Å². The highest BCUT2D eigenvalue weighted by Crippen LogP contribution is 2.22. The Labute approximate surface area is 221 Å². The second kappa shape index (κ2) is 13.4. The summed E-state index contributed by atoms with van der Waals surface area (Å²) in [6.45, 7) is 0.401. The van der Waals surface area contributed by atoms with Crippen LogP contribution in [0.3, 0.4) is 0 Å². The van der Waals surface area contributed by atoms with Crippen molar-refractivity contribution in [3.63, 3.8) is 0 Å². The molecule has 4 rings (SSSR count). The number of carbonyl (C=O) groups excluding carboxylic acids is 2. The molecule has 1 amide bonds. The molecule has 0 saturated heterocycles. The highest BCUT2D eigenvalue weighted by atomic mass is 32.2. The van der Waals surface area contributed by atoms with Crippen molar-refractivity contribution in [3.8, 4) is 11.5 Å². The number of ether oxygens (including phenoxy) is 2. The molecule has 0 spiro atoms. The number of thioether (sulfide) groups is 1. The van der Waals surface area contributed by atoms with E-state index in [1.54, 1.807) is 18.3 Å². The molecule has 3 aromatic carbocycles. The van der Waals surface area contributed by atoms with Crippen molar-refractivity contribution in [1.29, 1.82) is 0 Å². The summed E-state index contributed by atoms with van der Waals surface area (Å²) in [5.41, 5.74) is 2.24. The van der Waals surface area contributed by atoms with Gasteiger partial charge in [-0.3, -0.25) is 9.59 Å². The minimum absolute atomic E-state index is 0.0591. The maximum Gasteiger partial charge on any atom is 0.254 e. The van der Waals surface area contributed by atoms with Crippen molar-refractivity contribution in [2.24, 2.45) is 0 Å². The molecule has 0 radical (unpaired) electrons. The number of pyridine rings is 1. The highest BCUT2D eigenvalue weighted by molar-refractivity contribution is 7.98. The number of ketones is 1. The normalized spacial score (nSPS) is 11.5. The van der Waals surface area contributed by atoms with Crippen LogP contribution in [-0.4, -0.2) is 35.6 Å². The van der Waals surface area contributed by atoms with Gasteiger partial charge in [0.15, 0.2) is 5.78 Å². The first-order valence-electron chi connectivity index (χ1n) is 11.9. The number of carbonyl (C=O) groups is 2. The van der Waals surface area contributed by atoms with E-state index < -0.39 is 6.04 Å². The first-order chi connectivity index (χ1) is 18.1. The molecule has 0 fully saturated rings. The number of amides is 1. The zero-order valence-corrected chi connectivity index (χ0v) is 21.3. The predicted molar refractivity (Wildman–Crippen MR) is 145 cm³/mol. The van der Waals surface area contributed by atoms with Gasteiger partial charge in [0, 0.05) is 12.6 Å². The van der Waals surface area contributed by atoms with Crippen LogP contribution in [-0.2, 0) is 22.6 Å². The van der Waals surface area contributed by atoms with E-state index in [-0.39, 0.29) is 24.7 Å². The lowest BCUT2D eigenvalue weighted by molar-refractivity contribution is -0.121. The van der Waals surface area contributed by atoms with Crippen molar-refractivity contribution in [2.45, 2.75) is 24.1 Å². The van der Waals surface area contributed by atoms with E-state index in [9.17, 15) is 9.59 Å². The van der Waals surface area contributed by atoms with Crippen LogP contribution in [0.5, 0.6) is 11.5 Å². The number of nitrogens with zero attached hydrogens (tertiary/aromatic N) is 1. The molecule has 1 unspecified atom stereocenters. The van der Waals surface area contributed by atoms with Gasteiger partial charge in [-0.1, -0.05) is 60.7 Å². The Morgan fingerprint density at radius 3 is 2.22 bits per heavy atom. The van der Waals surface area contributed by atoms with Crippen molar-refractivity contribution in [2.75, 3.05) is 12.9 Å². The van der Waals surface area contributed by atoms with Crippen molar-refractivity contribution in [3.05, 3.63) is 120 Å². The average molecular weight is 513 g/mol. The van der Waals surface area contributed by atoms with Crippen LogP contribution < -0.4 is 10.1 Å². The van der Waals surface area contributed by atoms with E-state index in [0.717, 1.165) is 16.9 Å². The van der Waals surface area contributed by atoms with E-state index in [4.69, 9.17) is 9.47 Å². The summed E-state index contributed by atoms with van der Waals surface area (Å²) in [5.74, 6) is 0.919. The summed E-state index contributed by atoms with van der Waals surface area (Å²) in [6.07, 6.45) is 3.64. The fourth-order valence-corrected chi connectivity index (χ4v) is 4.22. The van der Waals surface area contributed by atoms with Crippen LogP contribution in [0.4, 0.5) is 0 Å². The molecule has 0 aliphatic carbocycles. The van der Waals surface area contributed by atoms with Gasteiger partial charge in [0.25, 0.3) is 5.91 Å². The second-order valence-corrected chi connectivity index (χ2v) is 9.08. The summed E-state index contributed by atoms with van der Waals surface area (Å²) >= 11 is 1.38. The lowest BCUT2D eigenvalue weighted by Crippen LogP contribution is -2.45. The van der Waals surface area contributed by atoms with Crippen LogP contribution in [0.2, 0.25) is 0 Å². The third kappa shape index (κ3) is 7.77. The molecule has 0 aliphatic rings. The summed E-state index contributed by atoms with van der Waals surface area (Å²) in [7, 11) is 0. The number of para-hydroxylation sites is 1. The third-order valence-electron chi connectivity index (χ3n) is 5.58. The molecule has 7 heteroatoms. The molecule has 1 heterocycles.